The van der Waals surface area contributed by atoms with Crippen molar-refractivity contribution in [2.24, 2.45) is 0 Å². The molecule has 0 aromatic heterocycles. The molecule has 1 heterocycles. The van der Waals surface area contributed by atoms with Crippen LogP contribution in [0.5, 0.6) is 5.75 Å². The van der Waals surface area contributed by atoms with Crippen LogP contribution >= 0.6 is 0 Å². The summed E-state index contributed by atoms with van der Waals surface area (Å²) < 4.78 is 0. The van der Waals surface area contributed by atoms with Crippen LogP contribution in [-0.2, 0) is 16.1 Å². The molecule has 0 aliphatic carbocycles. The van der Waals surface area contributed by atoms with E-state index in [9.17, 15) is 4.79 Å². The van der Waals surface area contributed by atoms with Crippen molar-refractivity contribution in [1.29, 1.82) is 0 Å². The fourth-order valence-electron chi connectivity index (χ4n) is 1.99. The molecule has 0 saturated heterocycles. The molecule has 3 nitrogen and oxygen atoms in total. The van der Waals surface area contributed by atoms with Gasteiger partial charge in [0.1, 0.15) is 6.29 Å². The maximum atomic E-state index is 10.3. The Morgan fingerprint density at radius 2 is 2.17 bits per heavy atom. The zero-order chi connectivity index (χ0) is 12.6. The maximum Gasteiger partial charge on any atom is 0.175 e. The SMILES string of the molecule is O=CCC/C=C/c1cccc2c1OOCCCC2. The summed E-state index contributed by atoms with van der Waals surface area (Å²) in [5.41, 5.74) is 2.20. The summed E-state index contributed by atoms with van der Waals surface area (Å²) in [6, 6.07) is 6.11. The number of carbonyl (C=O) groups excluding carboxylic acids is 1. The average molecular weight is 246 g/mol. The van der Waals surface area contributed by atoms with Crippen molar-refractivity contribution in [2.75, 3.05) is 6.61 Å². The average Bonchev–Trinajstić information content (AvgIpc) is 2.36. The molecule has 1 aliphatic rings. The number of benzene rings is 1. The van der Waals surface area contributed by atoms with Crippen LogP contribution in [0.4, 0.5) is 0 Å². The van der Waals surface area contributed by atoms with Gasteiger partial charge in [0.05, 0.1) is 6.61 Å². The number of aldehydes is 1. The fraction of sp³-hybridized carbons (Fsp3) is 0.400. The molecule has 0 amide bonds. The van der Waals surface area contributed by atoms with E-state index in [1.54, 1.807) is 0 Å². The molecular formula is C15H18O3. The minimum Gasteiger partial charge on any atom is -0.337 e. The molecule has 0 saturated carbocycles. The molecule has 1 aromatic rings. The summed E-state index contributed by atoms with van der Waals surface area (Å²) >= 11 is 0. The van der Waals surface area contributed by atoms with Crippen LogP contribution in [-0.4, -0.2) is 12.9 Å². The molecule has 96 valence electrons. The van der Waals surface area contributed by atoms with Crippen molar-refractivity contribution in [3.05, 3.63) is 35.4 Å². The molecule has 0 atom stereocenters. The summed E-state index contributed by atoms with van der Waals surface area (Å²) in [5, 5.41) is 0. The third kappa shape index (κ3) is 3.44. The number of aryl methyl sites for hydroxylation is 1. The first-order valence-corrected chi connectivity index (χ1v) is 6.43. The van der Waals surface area contributed by atoms with Crippen LogP contribution in [0.2, 0.25) is 0 Å². The van der Waals surface area contributed by atoms with Gasteiger partial charge in [-0.15, -0.1) is 0 Å². The van der Waals surface area contributed by atoms with Gasteiger partial charge in [0.2, 0.25) is 0 Å². The summed E-state index contributed by atoms with van der Waals surface area (Å²) in [7, 11) is 0. The second-order valence-corrected chi connectivity index (χ2v) is 4.34. The van der Waals surface area contributed by atoms with E-state index < -0.39 is 0 Å². The molecule has 0 fully saturated rings. The molecule has 0 radical (unpaired) electrons. The normalized spacial score (nSPS) is 15.6. The van der Waals surface area contributed by atoms with Crippen molar-refractivity contribution in [3.63, 3.8) is 0 Å². The molecule has 3 heteroatoms. The Bertz CT molecular complexity index is 424. The van der Waals surface area contributed by atoms with Gasteiger partial charge in [0.15, 0.2) is 5.75 Å². The van der Waals surface area contributed by atoms with E-state index in [1.807, 2.05) is 24.3 Å². The van der Waals surface area contributed by atoms with E-state index in [4.69, 9.17) is 9.78 Å². The maximum absolute atomic E-state index is 10.3. The molecule has 2 rings (SSSR count). The summed E-state index contributed by atoms with van der Waals surface area (Å²) in [6.07, 6.45) is 9.40. The van der Waals surface area contributed by atoms with Gasteiger partial charge in [-0.2, -0.15) is 4.89 Å². The highest BCUT2D eigenvalue weighted by molar-refractivity contribution is 5.60. The predicted molar refractivity (Wildman–Crippen MR) is 70.3 cm³/mol. The van der Waals surface area contributed by atoms with Gasteiger partial charge < -0.3 is 9.68 Å². The number of allylic oxidation sites excluding steroid dienone is 1. The number of rotatable bonds is 4. The van der Waals surface area contributed by atoms with Gasteiger partial charge in [0.25, 0.3) is 0 Å². The number of hydrogen-bond donors (Lipinski definition) is 0. The summed E-state index contributed by atoms with van der Waals surface area (Å²) in [5.74, 6) is 0.819. The third-order valence-electron chi connectivity index (χ3n) is 2.94. The fourth-order valence-corrected chi connectivity index (χ4v) is 1.99. The Balaban J connectivity index is 2.16. The number of para-hydroxylation sites is 1. The molecule has 0 unspecified atom stereocenters. The van der Waals surface area contributed by atoms with E-state index >= 15 is 0 Å². The highest BCUT2D eigenvalue weighted by atomic mass is 17.2. The summed E-state index contributed by atoms with van der Waals surface area (Å²) in [4.78, 5) is 20.8. The Morgan fingerprint density at radius 3 is 3.06 bits per heavy atom. The number of fused-ring (bicyclic) bond motifs is 1. The van der Waals surface area contributed by atoms with Crippen molar-refractivity contribution >= 4 is 12.4 Å². The first kappa shape index (κ1) is 12.8. The first-order chi connectivity index (χ1) is 8.92. The Kier molecular flexibility index (Phi) is 4.97. The molecule has 0 N–H and O–H groups in total. The number of hydrogen-bond acceptors (Lipinski definition) is 3. The highest BCUT2D eigenvalue weighted by Crippen LogP contribution is 2.28. The van der Waals surface area contributed by atoms with Gasteiger partial charge in [-0.25, -0.2) is 0 Å². The third-order valence-corrected chi connectivity index (χ3v) is 2.94. The minimum absolute atomic E-state index is 0.558. The van der Waals surface area contributed by atoms with Crippen LogP contribution in [0.3, 0.4) is 0 Å². The predicted octanol–water partition coefficient (Wildman–Crippen LogP) is 3.33. The lowest BCUT2D eigenvalue weighted by atomic mass is 10.0. The Labute approximate surface area is 107 Å². The first-order valence-electron chi connectivity index (χ1n) is 6.43. The lowest BCUT2D eigenvalue weighted by Crippen LogP contribution is -2.07. The van der Waals surface area contributed by atoms with E-state index in [0.29, 0.717) is 13.0 Å². The zero-order valence-electron chi connectivity index (χ0n) is 10.4. The standard InChI is InChI=1S/C15H18O3/c16-11-4-1-2-7-13-9-6-10-14-8-3-5-12-17-18-15(13)14/h2,6-7,9-11H,1,3-5,8,12H2/b7-2+. The lowest BCUT2D eigenvalue weighted by Gasteiger charge is -2.15. The van der Waals surface area contributed by atoms with Crippen LogP contribution < -0.4 is 4.89 Å². The van der Waals surface area contributed by atoms with Crippen molar-refractivity contribution in [1.82, 2.24) is 0 Å². The monoisotopic (exact) mass is 246 g/mol. The van der Waals surface area contributed by atoms with Gasteiger partial charge in [-0.1, -0.05) is 30.4 Å². The minimum atomic E-state index is 0.558. The molecular weight excluding hydrogens is 228 g/mol. The Morgan fingerprint density at radius 1 is 1.22 bits per heavy atom. The number of unbranched alkanes of at least 4 members (excludes halogenated alkanes) is 1. The molecule has 0 spiro atoms. The zero-order valence-corrected chi connectivity index (χ0v) is 10.4. The topological polar surface area (TPSA) is 35.5 Å². The second kappa shape index (κ2) is 6.97. The van der Waals surface area contributed by atoms with Crippen LogP contribution in [0, 0.1) is 0 Å². The summed E-state index contributed by atoms with van der Waals surface area (Å²) in [6.45, 7) is 0.641. The second-order valence-electron chi connectivity index (χ2n) is 4.34. The van der Waals surface area contributed by atoms with E-state index in [-0.39, 0.29) is 0 Å². The van der Waals surface area contributed by atoms with Crippen LogP contribution in [0.15, 0.2) is 24.3 Å². The quantitative estimate of drug-likeness (QED) is 0.464. The van der Waals surface area contributed by atoms with Crippen LogP contribution in [0.25, 0.3) is 6.08 Å². The van der Waals surface area contributed by atoms with E-state index in [1.165, 1.54) is 5.56 Å². The van der Waals surface area contributed by atoms with Gasteiger partial charge in [-0.05, 0) is 31.2 Å². The van der Waals surface area contributed by atoms with Crippen molar-refractivity contribution in [3.8, 4) is 5.75 Å². The Hall–Kier alpha value is -1.61. The van der Waals surface area contributed by atoms with Crippen LogP contribution in [0.1, 0.15) is 36.8 Å². The smallest absolute Gasteiger partial charge is 0.175 e. The van der Waals surface area contributed by atoms with Crippen molar-refractivity contribution < 1.29 is 14.6 Å². The van der Waals surface area contributed by atoms with Gasteiger partial charge in [-0.3, -0.25) is 0 Å². The molecule has 0 bridgehead atoms. The lowest BCUT2D eigenvalue weighted by molar-refractivity contribution is -0.209. The largest absolute Gasteiger partial charge is 0.337 e. The molecule has 1 aliphatic heterocycles. The van der Waals surface area contributed by atoms with E-state index in [2.05, 4.69) is 6.07 Å². The number of carbonyl (C=O) groups is 1. The molecule has 18 heavy (non-hydrogen) atoms. The highest BCUT2D eigenvalue weighted by Gasteiger charge is 2.11. The van der Waals surface area contributed by atoms with Crippen molar-refractivity contribution in [2.45, 2.75) is 32.1 Å². The van der Waals surface area contributed by atoms with E-state index in [0.717, 1.165) is 43.3 Å². The molecule has 1 aromatic carbocycles. The van der Waals surface area contributed by atoms with Gasteiger partial charge in [0, 0.05) is 12.0 Å². The van der Waals surface area contributed by atoms with Gasteiger partial charge >= 0.3 is 0 Å².